The van der Waals surface area contributed by atoms with Gasteiger partial charge in [-0.2, -0.15) is 0 Å². The van der Waals surface area contributed by atoms with Crippen molar-refractivity contribution in [2.45, 2.75) is 32.1 Å². The Labute approximate surface area is 209 Å². The molecule has 0 aliphatic carbocycles. The number of halogens is 2. The van der Waals surface area contributed by atoms with Crippen LogP contribution in [0, 0.1) is 17.7 Å². The summed E-state index contributed by atoms with van der Waals surface area (Å²) in [6, 6.07) is 4.51. The number of esters is 1. The number of carbonyl (C=O) groups excluding carboxylic acids is 2. The maximum Gasteiger partial charge on any atom is 0.310 e. The van der Waals surface area contributed by atoms with Crippen molar-refractivity contribution in [1.29, 1.82) is 0 Å². The van der Waals surface area contributed by atoms with Gasteiger partial charge in [-0.25, -0.2) is 14.4 Å². The van der Waals surface area contributed by atoms with E-state index in [1.165, 1.54) is 6.07 Å². The molecule has 0 spiro atoms. The molecular formula is C25H30ClFN4O4. The van der Waals surface area contributed by atoms with Gasteiger partial charge < -0.3 is 19.6 Å². The first-order valence-electron chi connectivity index (χ1n) is 12.0. The summed E-state index contributed by atoms with van der Waals surface area (Å²) in [5.41, 5.74) is 0.819. The zero-order valence-electron chi connectivity index (χ0n) is 19.5. The third kappa shape index (κ3) is 6.89. The van der Waals surface area contributed by atoms with E-state index in [4.69, 9.17) is 21.4 Å². The Morgan fingerprint density at radius 1 is 1.11 bits per heavy atom. The van der Waals surface area contributed by atoms with E-state index in [9.17, 15) is 14.0 Å². The Kier molecular flexibility index (Phi) is 8.51. The van der Waals surface area contributed by atoms with Gasteiger partial charge in [0.15, 0.2) is 0 Å². The predicted octanol–water partition coefficient (Wildman–Crippen LogP) is 2.65. The molecule has 0 unspecified atom stereocenters. The Morgan fingerprint density at radius 2 is 1.83 bits per heavy atom. The van der Waals surface area contributed by atoms with Crippen LogP contribution >= 0.6 is 11.6 Å². The lowest BCUT2D eigenvalue weighted by atomic mass is 9.94. The van der Waals surface area contributed by atoms with Crippen LogP contribution in [0.1, 0.15) is 30.4 Å². The molecule has 4 rings (SSSR count). The molecule has 2 saturated heterocycles. The second kappa shape index (κ2) is 11.8. The lowest BCUT2D eigenvalue weighted by molar-refractivity contribution is -0.143. The smallest absolute Gasteiger partial charge is 0.310 e. The minimum Gasteiger partial charge on any atom is -0.465 e. The van der Waals surface area contributed by atoms with Crippen LogP contribution in [0.2, 0.25) is 5.02 Å². The molecule has 1 aromatic carbocycles. The van der Waals surface area contributed by atoms with Gasteiger partial charge in [-0.05, 0) is 42.4 Å². The summed E-state index contributed by atoms with van der Waals surface area (Å²) in [7, 11) is 0. The number of aliphatic hydroxyl groups is 1. The van der Waals surface area contributed by atoms with E-state index in [-0.39, 0.29) is 31.3 Å². The molecule has 1 N–H and O–H groups in total. The molecule has 35 heavy (non-hydrogen) atoms. The molecule has 2 aliphatic rings. The number of rotatable bonds is 9. The summed E-state index contributed by atoms with van der Waals surface area (Å²) in [4.78, 5) is 36.7. The fourth-order valence-electron chi connectivity index (χ4n) is 4.46. The first-order chi connectivity index (χ1) is 16.9. The van der Waals surface area contributed by atoms with Crippen molar-refractivity contribution < 1.29 is 23.8 Å². The van der Waals surface area contributed by atoms with Crippen LogP contribution < -0.4 is 4.90 Å². The Hall–Kier alpha value is -2.78. The van der Waals surface area contributed by atoms with E-state index in [2.05, 4.69) is 14.9 Å². The molecule has 0 radical (unpaired) electrons. The van der Waals surface area contributed by atoms with Gasteiger partial charge in [0, 0.05) is 38.7 Å². The van der Waals surface area contributed by atoms with Gasteiger partial charge in [0.25, 0.3) is 0 Å². The number of anilines is 1. The van der Waals surface area contributed by atoms with Crippen LogP contribution in [0.4, 0.5) is 10.3 Å². The number of amides is 1. The molecule has 0 atom stereocenters. The summed E-state index contributed by atoms with van der Waals surface area (Å²) in [5.74, 6) is 0.203. The average molecular weight is 505 g/mol. The minimum absolute atomic E-state index is 0.0121. The van der Waals surface area contributed by atoms with Crippen LogP contribution in [-0.4, -0.2) is 71.2 Å². The topological polar surface area (TPSA) is 95.9 Å². The predicted molar refractivity (Wildman–Crippen MR) is 129 cm³/mol. The molecule has 1 aromatic heterocycles. The molecule has 2 aromatic rings. The number of carbonyl (C=O) groups is 2. The number of nitrogens with zero attached hydrogens (tertiary/aromatic N) is 4. The largest absolute Gasteiger partial charge is 0.465 e. The minimum atomic E-state index is -0.501. The van der Waals surface area contributed by atoms with E-state index in [1.54, 1.807) is 29.4 Å². The Bertz CT molecular complexity index is 1020. The maximum absolute atomic E-state index is 14.5. The summed E-state index contributed by atoms with van der Waals surface area (Å²) in [6.45, 7) is 3.10. The van der Waals surface area contributed by atoms with Gasteiger partial charge in [-0.1, -0.05) is 23.7 Å². The SMILES string of the molecule is O=C(Cc1ccc(CC(=O)N2CC(CO)C2)c(F)c1)OCCC1CCN(c2ncc(Cl)cn2)CC1. The third-order valence-electron chi connectivity index (χ3n) is 6.67. The lowest BCUT2D eigenvalue weighted by Gasteiger charge is -2.38. The van der Waals surface area contributed by atoms with E-state index >= 15 is 0 Å². The van der Waals surface area contributed by atoms with Crippen molar-refractivity contribution in [2.75, 3.05) is 44.3 Å². The number of likely N-dealkylation sites (tertiary alicyclic amines) is 1. The molecule has 2 aliphatic heterocycles. The van der Waals surface area contributed by atoms with Crippen LogP contribution in [0.3, 0.4) is 0 Å². The normalized spacial score (nSPS) is 16.8. The maximum atomic E-state index is 14.5. The third-order valence-corrected chi connectivity index (χ3v) is 6.86. The summed E-state index contributed by atoms with van der Waals surface area (Å²) >= 11 is 5.84. The molecule has 188 valence electrons. The van der Waals surface area contributed by atoms with Gasteiger partial charge in [-0.15, -0.1) is 0 Å². The van der Waals surface area contributed by atoms with Gasteiger partial charge in [0.1, 0.15) is 5.82 Å². The number of ether oxygens (including phenoxy) is 1. The molecule has 2 fully saturated rings. The number of piperidine rings is 1. The number of hydrogen-bond donors (Lipinski definition) is 1. The zero-order valence-corrected chi connectivity index (χ0v) is 20.3. The van der Waals surface area contributed by atoms with Crippen molar-refractivity contribution in [3.8, 4) is 0 Å². The lowest BCUT2D eigenvalue weighted by Crippen LogP contribution is -2.51. The van der Waals surface area contributed by atoms with Crippen molar-refractivity contribution in [2.24, 2.45) is 11.8 Å². The number of aliphatic hydroxyl groups excluding tert-OH is 1. The molecular weight excluding hydrogens is 475 g/mol. The Balaban J connectivity index is 1.15. The van der Waals surface area contributed by atoms with Crippen molar-refractivity contribution >= 4 is 29.4 Å². The summed E-state index contributed by atoms with van der Waals surface area (Å²) < 4.78 is 19.9. The van der Waals surface area contributed by atoms with Gasteiger partial charge in [0.05, 0.1) is 36.9 Å². The van der Waals surface area contributed by atoms with Crippen LogP contribution in [0.5, 0.6) is 0 Å². The second-order valence-electron chi connectivity index (χ2n) is 9.27. The quantitative estimate of drug-likeness (QED) is 0.524. The highest BCUT2D eigenvalue weighted by molar-refractivity contribution is 6.30. The number of aromatic nitrogens is 2. The first-order valence-corrected chi connectivity index (χ1v) is 12.3. The second-order valence-corrected chi connectivity index (χ2v) is 9.70. The molecule has 1 amide bonds. The summed E-state index contributed by atoms with van der Waals surface area (Å²) in [6.07, 6.45) is 5.86. The molecule has 0 bridgehead atoms. The molecule has 10 heteroatoms. The van der Waals surface area contributed by atoms with Crippen molar-refractivity contribution in [3.63, 3.8) is 0 Å². The molecule has 0 saturated carbocycles. The average Bonchev–Trinajstić information content (AvgIpc) is 2.81. The van der Waals surface area contributed by atoms with Crippen LogP contribution in [0.15, 0.2) is 30.6 Å². The van der Waals surface area contributed by atoms with Crippen LogP contribution in [0.25, 0.3) is 0 Å². The highest BCUT2D eigenvalue weighted by Crippen LogP contribution is 2.24. The fourth-order valence-corrected chi connectivity index (χ4v) is 4.55. The van der Waals surface area contributed by atoms with Crippen LogP contribution in [-0.2, 0) is 27.2 Å². The molecule has 3 heterocycles. The van der Waals surface area contributed by atoms with Gasteiger partial charge >= 0.3 is 5.97 Å². The van der Waals surface area contributed by atoms with Gasteiger partial charge in [-0.3, -0.25) is 9.59 Å². The summed E-state index contributed by atoms with van der Waals surface area (Å²) in [5, 5.41) is 9.57. The van der Waals surface area contributed by atoms with Crippen molar-refractivity contribution in [3.05, 3.63) is 52.6 Å². The van der Waals surface area contributed by atoms with E-state index < -0.39 is 11.8 Å². The van der Waals surface area contributed by atoms with Gasteiger partial charge in [0.2, 0.25) is 11.9 Å². The van der Waals surface area contributed by atoms with E-state index in [1.807, 2.05) is 0 Å². The van der Waals surface area contributed by atoms with E-state index in [0.717, 1.165) is 32.4 Å². The Morgan fingerprint density at radius 3 is 2.49 bits per heavy atom. The van der Waals surface area contributed by atoms with E-state index in [0.29, 0.717) is 47.7 Å². The number of benzene rings is 1. The zero-order chi connectivity index (χ0) is 24.8. The fraction of sp³-hybridized carbons (Fsp3) is 0.520. The highest BCUT2D eigenvalue weighted by atomic mass is 35.5. The van der Waals surface area contributed by atoms with Crippen molar-refractivity contribution in [1.82, 2.24) is 14.9 Å². The monoisotopic (exact) mass is 504 g/mol. The number of hydrogen-bond acceptors (Lipinski definition) is 7. The standard InChI is InChI=1S/C25H30ClFN4O4/c26-21-12-28-25(29-13-21)30-6-3-17(4-7-30)5-8-35-24(34)10-18-1-2-20(22(27)9-18)11-23(33)31-14-19(15-31)16-32/h1-2,9,12-13,17,19,32H,3-8,10-11,14-16H2. The molecule has 8 nitrogen and oxygen atoms in total. The first kappa shape index (κ1) is 25.3. The highest BCUT2D eigenvalue weighted by Gasteiger charge is 2.30.